The van der Waals surface area contributed by atoms with Crippen LogP contribution in [0.15, 0.2) is 29.1 Å². The average Bonchev–Trinajstić information content (AvgIpc) is 3.36. The molecule has 8 nitrogen and oxygen atoms in total. The molecule has 0 fully saturated rings. The smallest absolute Gasteiger partial charge is 0.343 e. The number of hydrogen-bond acceptors (Lipinski definition) is 7. The Bertz CT molecular complexity index is 1380. The van der Waals surface area contributed by atoms with E-state index in [0.29, 0.717) is 41.3 Å². The van der Waals surface area contributed by atoms with E-state index in [4.69, 9.17) is 23.9 Å². The van der Waals surface area contributed by atoms with Gasteiger partial charge in [0.25, 0.3) is 5.56 Å². The first-order valence-corrected chi connectivity index (χ1v) is 11.7. The predicted octanol–water partition coefficient (Wildman–Crippen LogP) is 3.61. The van der Waals surface area contributed by atoms with Gasteiger partial charge in [0.1, 0.15) is 10.7 Å². The molecule has 3 aliphatic heterocycles. The lowest BCUT2D eigenvalue weighted by Gasteiger charge is -2.37. The van der Waals surface area contributed by atoms with E-state index in [-0.39, 0.29) is 23.1 Å². The summed E-state index contributed by atoms with van der Waals surface area (Å²) in [5, 5.41) is 0.919. The molecule has 0 amide bonds. The molecule has 2 atom stereocenters. The van der Waals surface area contributed by atoms with Crippen LogP contribution in [0, 0.1) is 0 Å². The molecule has 5 heterocycles. The number of cyclic esters (lactones) is 1. The second kappa shape index (κ2) is 6.92. The zero-order valence-corrected chi connectivity index (χ0v) is 19.6. The van der Waals surface area contributed by atoms with Crippen LogP contribution in [0.25, 0.3) is 22.3 Å². The first-order valence-electron chi connectivity index (χ1n) is 10.4. The summed E-state index contributed by atoms with van der Waals surface area (Å²) in [4.78, 5) is 31.2. The minimum atomic E-state index is -1.31. The number of fused-ring (bicyclic) bond motifs is 6. The molecule has 1 aromatic carbocycles. The van der Waals surface area contributed by atoms with Crippen LogP contribution >= 0.6 is 22.6 Å². The Morgan fingerprint density at radius 3 is 2.72 bits per heavy atom. The summed E-state index contributed by atoms with van der Waals surface area (Å²) >= 11 is 2.11. The number of pyridine rings is 2. The van der Waals surface area contributed by atoms with Crippen LogP contribution in [0.5, 0.6) is 11.5 Å². The quantitative estimate of drug-likeness (QED) is 0.221. The van der Waals surface area contributed by atoms with Gasteiger partial charge < -0.3 is 23.5 Å². The van der Waals surface area contributed by atoms with E-state index in [1.807, 2.05) is 38.1 Å². The topological polar surface area (TPSA) is 88.9 Å². The van der Waals surface area contributed by atoms with Crippen molar-refractivity contribution in [2.45, 2.75) is 43.1 Å². The van der Waals surface area contributed by atoms with Crippen molar-refractivity contribution in [3.63, 3.8) is 0 Å². The monoisotopic (exact) mass is 546 g/mol. The number of halogens is 1. The van der Waals surface area contributed by atoms with Gasteiger partial charge in [-0.25, -0.2) is 9.78 Å². The molecule has 0 N–H and O–H groups in total. The highest BCUT2D eigenvalue weighted by atomic mass is 127. The molecule has 164 valence electrons. The lowest BCUT2D eigenvalue weighted by Crippen LogP contribution is -2.47. The number of alkyl halides is 1. The van der Waals surface area contributed by atoms with Crippen molar-refractivity contribution in [2.24, 2.45) is 0 Å². The number of ether oxygens (including phenoxy) is 4. The van der Waals surface area contributed by atoms with Gasteiger partial charge in [-0.1, -0.05) is 29.5 Å². The molecule has 0 aliphatic carbocycles. The summed E-state index contributed by atoms with van der Waals surface area (Å²) in [7, 11) is 0. The van der Waals surface area contributed by atoms with Crippen molar-refractivity contribution >= 4 is 39.5 Å². The van der Waals surface area contributed by atoms with Gasteiger partial charge >= 0.3 is 5.97 Å². The van der Waals surface area contributed by atoms with Crippen molar-refractivity contribution in [3.05, 3.63) is 51.3 Å². The third kappa shape index (κ3) is 2.67. The van der Waals surface area contributed by atoms with Crippen LogP contribution in [0.4, 0.5) is 0 Å². The number of hydrogen-bond donors (Lipinski definition) is 0. The van der Waals surface area contributed by atoms with Crippen molar-refractivity contribution in [1.29, 1.82) is 0 Å². The molecular formula is C23H19IN2O6. The molecule has 2 aromatic heterocycles. The minimum absolute atomic E-state index is 0.0544. The zero-order chi connectivity index (χ0) is 22.2. The van der Waals surface area contributed by atoms with E-state index in [1.54, 1.807) is 4.57 Å². The van der Waals surface area contributed by atoms with Gasteiger partial charge in [0.15, 0.2) is 17.1 Å². The van der Waals surface area contributed by atoms with Crippen molar-refractivity contribution in [2.75, 3.05) is 6.79 Å². The van der Waals surface area contributed by atoms with Crippen LogP contribution in [0.2, 0.25) is 0 Å². The van der Waals surface area contributed by atoms with Crippen LogP contribution in [-0.4, -0.2) is 26.4 Å². The van der Waals surface area contributed by atoms with Crippen LogP contribution in [-0.2, 0) is 33.0 Å². The molecule has 9 heteroatoms. The van der Waals surface area contributed by atoms with E-state index in [0.717, 1.165) is 22.2 Å². The molecule has 0 saturated carbocycles. The van der Waals surface area contributed by atoms with Crippen LogP contribution in [0.3, 0.4) is 0 Å². The maximum absolute atomic E-state index is 13.5. The van der Waals surface area contributed by atoms with E-state index < -0.39 is 11.6 Å². The lowest BCUT2D eigenvalue weighted by atomic mass is 9.85. The third-order valence-corrected chi connectivity index (χ3v) is 6.59. The number of benzene rings is 1. The highest BCUT2D eigenvalue weighted by Gasteiger charge is 2.48. The van der Waals surface area contributed by atoms with Crippen LogP contribution in [0.1, 0.15) is 37.0 Å². The van der Waals surface area contributed by atoms with E-state index in [1.165, 1.54) is 0 Å². The normalized spacial score (nSPS) is 21.2. The number of carbonyl (C=O) groups excluding carboxylic acids is 1. The Morgan fingerprint density at radius 1 is 1.19 bits per heavy atom. The Kier molecular flexibility index (Phi) is 4.32. The van der Waals surface area contributed by atoms with Gasteiger partial charge in [0.05, 0.1) is 29.0 Å². The van der Waals surface area contributed by atoms with Gasteiger partial charge in [0.2, 0.25) is 6.79 Å². The fourth-order valence-electron chi connectivity index (χ4n) is 4.83. The average molecular weight is 546 g/mol. The number of rotatable bonds is 3. The highest BCUT2D eigenvalue weighted by molar-refractivity contribution is 14.1. The minimum Gasteiger partial charge on any atom is -0.458 e. The highest BCUT2D eigenvalue weighted by Crippen LogP contribution is 2.43. The first kappa shape index (κ1) is 20.0. The standard InChI is InChI=1S/C23H19IN2O6/c1-3-23(32-11(2)24)15-6-17-20-13(8-26(17)21(27)14(15)9-29-22(23)28)4-12-5-18-19(31-10-30-18)7-16(12)25-20/h4-7,11H,3,8-10H2,1-2H3/t11?,23-/m0/s1. The van der Waals surface area contributed by atoms with E-state index in [2.05, 4.69) is 22.6 Å². The number of carbonyl (C=O) groups is 1. The summed E-state index contributed by atoms with van der Waals surface area (Å²) in [6.45, 7) is 4.27. The van der Waals surface area contributed by atoms with Gasteiger partial charge in [-0.2, -0.15) is 0 Å². The summed E-state index contributed by atoms with van der Waals surface area (Å²) < 4.78 is 23.9. The fourth-order valence-corrected chi connectivity index (χ4v) is 5.27. The second-order valence-corrected chi connectivity index (χ2v) is 9.88. The summed E-state index contributed by atoms with van der Waals surface area (Å²) in [5.74, 6) is 0.886. The SMILES string of the molecule is CC[C@@]1(OC(C)I)C(=O)OCc2c1cc1n(c2=O)Cc2cc3cc4c(cc3nc2-1)OCO4. The summed E-state index contributed by atoms with van der Waals surface area (Å²) in [6.07, 6.45) is 0.358. The van der Waals surface area contributed by atoms with Gasteiger partial charge in [-0.15, -0.1) is 0 Å². The fraction of sp³-hybridized carbons (Fsp3) is 0.348. The predicted molar refractivity (Wildman–Crippen MR) is 123 cm³/mol. The number of nitrogens with zero attached hydrogens (tertiary/aromatic N) is 2. The van der Waals surface area contributed by atoms with Gasteiger partial charge in [-0.05, 0) is 31.5 Å². The van der Waals surface area contributed by atoms with E-state index >= 15 is 0 Å². The lowest BCUT2D eigenvalue weighted by molar-refractivity contribution is -0.181. The molecule has 3 aromatic rings. The summed E-state index contributed by atoms with van der Waals surface area (Å²) in [6, 6.07) is 7.68. The largest absolute Gasteiger partial charge is 0.458 e. The maximum Gasteiger partial charge on any atom is 0.343 e. The van der Waals surface area contributed by atoms with Crippen molar-refractivity contribution < 1.29 is 23.7 Å². The molecule has 0 saturated heterocycles. The molecule has 0 bridgehead atoms. The Hall–Kier alpha value is -2.66. The van der Waals surface area contributed by atoms with E-state index in [9.17, 15) is 9.59 Å². The van der Waals surface area contributed by atoms with Crippen molar-refractivity contribution in [3.8, 4) is 22.9 Å². The van der Waals surface area contributed by atoms with Gasteiger partial charge in [-0.3, -0.25) is 4.79 Å². The second-order valence-electron chi connectivity index (χ2n) is 8.12. The Labute approximate surface area is 196 Å². The molecular weight excluding hydrogens is 527 g/mol. The molecule has 6 rings (SSSR count). The zero-order valence-electron chi connectivity index (χ0n) is 17.4. The number of aromatic nitrogens is 2. The summed E-state index contributed by atoms with van der Waals surface area (Å²) in [5.41, 5.74) is 2.65. The molecule has 0 spiro atoms. The third-order valence-electron chi connectivity index (χ3n) is 6.33. The van der Waals surface area contributed by atoms with Gasteiger partial charge in [0, 0.05) is 22.6 Å². The molecule has 1 unspecified atom stereocenters. The Balaban J connectivity index is 1.58. The number of esters is 1. The first-order chi connectivity index (χ1) is 15.4. The van der Waals surface area contributed by atoms with Crippen molar-refractivity contribution in [1.82, 2.24) is 9.55 Å². The molecule has 3 aliphatic rings. The Morgan fingerprint density at radius 2 is 1.97 bits per heavy atom. The molecule has 0 radical (unpaired) electrons. The molecule has 32 heavy (non-hydrogen) atoms. The maximum atomic E-state index is 13.5. The van der Waals surface area contributed by atoms with Crippen LogP contribution < -0.4 is 15.0 Å².